The Morgan fingerprint density at radius 1 is 1.27 bits per heavy atom. The molecule has 0 aliphatic heterocycles. The van der Waals surface area contributed by atoms with E-state index in [1.54, 1.807) is 7.11 Å². The van der Waals surface area contributed by atoms with E-state index < -0.39 is 15.9 Å². The molecule has 0 aliphatic carbocycles. The lowest BCUT2D eigenvalue weighted by molar-refractivity contribution is 0.148. The molecule has 0 saturated carbocycles. The molecule has 1 heterocycles. The Morgan fingerprint density at radius 3 is 2.55 bits per heavy atom. The molecule has 0 N–H and O–H groups in total. The van der Waals surface area contributed by atoms with Crippen molar-refractivity contribution in [2.45, 2.75) is 18.5 Å². The lowest BCUT2D eigenvalue weighted by Crippen LogP contribution is -2.38. The van der Waals surface area contributed by atoms with Gasteiger partial charge in [-0.2, -0.15) is 4.68 Å². The van der Waals surface area contributed by atoms with Crippen molar-refractivity contribution in [1.29, 1.82) is 0 Å². The number of carbonyl (C=O) groups excluding carboxylic acids is 1. The molecule has 0 spiro atoms. The smallest absolute Gasteiger partial charge is 0.346 e. The summed E-state index contributed by atoms with van der Waals surface area (Å²) in [5.74, 6) is -0.232. The summed E-state index contributed by atoms with van der Waals surface area (Å²) in [7, 11) is -0.701. The molecule has 0 aromatic carbocycles. The second kappa shape index (κ2) is 8.81. The number of methoxy groups -OCH3 is 2. The Hall–Kier alpha value is -1.52. The van der Waals surface area contributed by atoms with Gasteiger partial charge in [0.15, 0.2) is 0 Å². The number of sulfone groups is 1. The maximum Gasteiger partial charge on any atom is 0.346 e. The molecule has 10 heteroatoms. The fraction of sp³-hybridized carbons (Fsp3) is 0.750. The average molecular weight is 334 g/mol. The molecule has 0 fully saturated rings. The molecule has 1 amide bonds. The number of nitrogens with zero attached hydrogens (tertiary/aromatic N) is 4. The number of rotatable bonds is 9. The molecule has 126 valence electrons. The first-order valence-electron chi connectivity index (χ1n) is 6.87. The highest BCUT2D eigenvalue weighted by Crippen LogP contribution is 2.05. The summed E-state index contributed by atoms with van der Waals surface area (Å²) in [5.41, 5.74) is 0. The van der Waals surface area contributed by atoms with E-state index in [9.17, 15) is 13.2 Å². The second-order valence-electron chi connectivity index (χ2n) is 4.55. The first kappa shape index (κ1) is 18.5. The largest absolute Gasteiger partial charge is 0.384 e. The zero-order valence-electron chi connectivity index (χ0n) is 13.1. The lowest BCUT2D eigenvalue weighted by Gasteiger charge is -2.20. The molecule has 1 rings (SSSR count). The normalized spacial score (nSPS) is 11.6. The maximum atomic E-state index is 12.3. The van der Waals surface area contributed by atoms with Crippen molar-refractivity contribution in [2.75, 3.05) is 46.3 Å². The number of amides is 1. The van der Waals surface area contributed by atoms with Crippen LogP contribution in [0.5, 0.6) is 0 Å². The Kier molecular flexibility index (Phi) is 7.42. The van der Waals surface area contributed by atoms with Crippen LogP contribution in [0.1, 0.15) is 13.3 Å². The summed E-state index contributed by atoms with van der Waals surface area (Å²) < 4.78 is 34.5. The monoisotopic (exact) mass is 334 g/mol. The maximum absolute atomic E-state index is 12.3. The predicted octanol–water partition coefficient (Wildman–Crippen LogP) is 0.0247. The third-order valence-corrected chi connectivity index (χ3v) is 4.28. The molecule has 0 bridgehead atoms. The number of hydrogen-bond acceptors (Lipinski definition) is 7. The third-order valence-electron chi connectivity index (χ3n) is 2.83. The lowest BCUT2D eigenvalue weighted by atomic mass is 10.4. The average Bonchev–Trinajstić information content (AvgIpc) is 2.99. The van der Waals surface area contributed by atoms with Crippen LogP contribution in [0.4, 0.5) is 4.79 Å². The molecule has 22 heavy (non-hydrogen) atoms. The molecular weight excluding hydrogens is 312 g/mol. The minimum Gasteiger partial charge on any atom is -0.384 e. The van der Waals surface area contributed by atoms with Gasteiger partial charge in [0.1, 0.15) is 6.33 Å². The molecular formula is C12H22N4O5S. The molecule has 0 atom stereocenters. The van der Waals surface area contributed by atoms with E-state index >= 15 is 0 Å². The Labute approximate surface area is 130 Å². The van der Waals surface area contributed by atoms with Crippen LogP contribution >= 0.6 is 0 Å². The highest BCUT2D eigenvalue weighted by Gasteiger charge is 2.23. The fourth-order valence-electron chi connectivity index (χ4n) is 1.69. The standard InChI is InChI=1S/C12H22N4O5S/c1-4-5-15(6-7-20-2)12(17)16-10-13-11(14-16)22(18,19)9-8-21-3/h10H,4-9H2,1-3H3. The van der Waals surface area contributed by atoms with E-state index in [1.165, 1.54) is 12.0 Å². The minimum atomic E-state index is -3.65. The summed E-state index contributed by atoms with van der Waals surface area (Å²) in [4.78, 5) is 17.6. The van der Waals surface area contributed by atoms with Crippen molar-refractivity contribution < 1.29 is 22.7 Å². The summed E-state index contributed by atoms with van der Waals surface area (Å²) >= 11 is 0. The van der Waals surface area contributed by atoms with Crippen LogP contribution in [0.2, 0.25) is 0 Å². The van der Waals surface area contributed by atoms with Gasteiger partial charge in [-0.3, -0.25) is 0 Å². The summed E-state index contributed by atoms with van der Waals surface area (Å²) in [6.45, 7) is 3.29. The van der Waals surface area contributed by atoms with Gasteiger partial charge in [0.05, 0.1) is 19.0 Å². The number of aromatic nitrogens is 3. The van der Waals surface area contributed by atoms with Gasteiger partial charge in [-0.15, -0.1) is 5.10 Å². The van der Waals surface area contributed by atoms with Crippen molar-refractivity contribution in [3.8, 4) is 0 Å². The number of ether oxygens (including phenoxy) is 2. The van der Waals surface area contributed by atoms with Crippen LogP contribution in [0.25, 0.3) is 0 Å². The van der Waals surface area contributed by atoms with Crippen LogP contribution < -0.4 is 0 Å². The van der Waals surface area contributed by atoms with E-state index in [-0.39, 0.29) is 17.5 Å². The van der Waals surface area contributed by atoms with Gasteiger partial charge >= 0.3 is 6.03 Å². The Bertz CT molecular complexity index is 572. The van der Waals surface area contributed by atoms with Crippen LogP contribution in [0, 0.1) is 0 Å². The van der Waals surface area contributed by atoms with Crippen molar-refractivity contribution in [2.24, 2.45) is 0 Å². The second-order valence-corrected chi connectivity index (χ2v) is 6.55. The zero-order chi connectivity index (χ0) is 16.6. The number of carbonyl (C=O) groups is 1. The van der Waals surface area contributed by atoms with Crippen molar-refractivity contribution in [3.05, 3.63) is 6.33 Å². The van der Waals surface area contributed by atoms with Gasteiger partial charge in [0.2, 0.25) is 9.84 Å². The number of hydrogen-bond donors (Lipinski definition) is 0. The van der Waals surface area contributed by atoms with Gasteiger partial charge in [0.25, 0.3) is 5.16 Å². The summed E-state index contributed by atoms with van der Waals surface area (Å²) in [5, 5.41) is 3.40. The van der Waals surface area contributed by atoms with Crippen molar-refractivity contribution in [1.82, 2.24) is 19.7 Å². The molecule has 0 unspecified atom stereocenters. The van der Waals surface area contributed by atoms with Crippen LogP contribution in [-0.2, 0) is 19.3 Å². The first-order valence-corrected chi connectivity index (χ1v) is 8.53. The van der Waals surface area contributed by atoms with Crippen LogP contribution in [0.3, 0.4) is 0 Å². The fourth-order valence-corrected chi connectivity index (χ4v) is 2.68. The van der Waals surface area contributed by atoms with E-state index in [1.807, 2.05) is 6.92 Å². The van der Waals surface area contributed by atoms with Crippen molar-refractivity contribution >= 4 is 15.9 Å². The third kappa shape index (κ3) is 5.04. The van der Waals surface area contributed by atoms with E-state index in [2.05, 4.69) is 10.1 Å². The molecule has 0 aliphatic rings. The van der Waals surface area contributed by atoms with Gasteiger partial charge in [-0.25, -0.2) is 18.2 Å². The van der Waals surface area contributed by atoms with Crippen molar-refractivity contribution in [3.63, 3.8) is 0 Å². The van der Waals surface area contributed by atoms with Gasteiger partial charge < -0.3 is 14.4 Å². The zero-order valence-corrected chi connectivity index (χ0v) is 13.9. The molecule has 0 radical (unpaired) electrons. The van der Waals surface area contributed by atoms with E-state index in [0.717, 1.165) is 17.4 Å². The highest BCUT2D eigenvalue weighted by atomic mass is 32.2. The summed E-state index contributed by atoms with van der Waals surface area (Å²) in [6, 6.07) is -0.431. The van der Waals surface area contributed by atoms with Crippen LogP contribution in [-0.4, -0.2) is 80.4 Å². The van der Waals surface area contributed by atoms with Gasteiger partial charge in [-0.05, 0) is 6.42 Å². The Balaban J connectivity index is 2.86. The molecule has 1 aromatic rings. The van der Waals surface area contributed by atoms with E-state index in [0.29, 0.717) is 19.7 Å². The molecule has 9 nitrogen and oxygen atoms in total. The topological polar surface area (TPSA) is 104 Å². The SMILES string of the molecule is CCCN(CCOC)C(=O)n1cnc(S(=O)(=O)CCOC)n1. The summed E-state index contributed by atoms with van der Waals surface area (Å²) in [6.07, 6.45) is 1.88. The Morgan fingerprint density at radius 2 is 1.95 bits per heavy atom. The quantitative estimate of drug-likeness (QED) is 0.627. The van der Waals surface area contributed by atoms with Gasteiger partial charge in [-0.1, -0.05) is 6.92 Å². The van der Waals surface area contributed by atoms with Gasteiger partial charge in [0, 0.05) is 27.3 Å². The van der Waals surface area contributed by atoms with E-state index in [4.69, 9.17) is 9.47 Å². The van der Waals surface area contributed by atoms with Crippen LogP contribution in [0.15, 0.2) is 11.5 Å². The minimum absolute atomic E-state index is 0.0423. The predicted molar refractivity (Wildman–Crippen MR) is 78.5 cm³/mol. The molecule has 1 aromatic heterocycles. The highest BCUT2D eigenvalue weighted by molar-refractivity contribution is 7.91. The first-order chi connectivity index (χ1) is 10.5. The molecule has 0 saturated heterocycles.